The lowest BCUT2D eigenvalue weighted by Crippen LogP contribution is -2.26. The first-order valence-corrected chi connectivity index (χ1v) is 9.34. The van der Waals surface area contributed by atoms with E-state index in [-0.39, 0.29) is 5.91 Å². The fourth-order valence-electron chi connectivity index (χ4n) is 2.78. The number of halogens is 1. The summed E-state index contributed by atoms with van der Waals surface area (Å²) in [4.78, 5) is 16.6. The molecule has 1 heterocycles. The van der Waals surface area contributed by atoms with Gasteiger partial charge in [-0.25, -0.2) is 0 Å². The fourth-order valence-corrected chi connectivity index (χ4v) is 2.96. The Morgan fingerprint density at radius 3 is 2.68 bits per heavy atom. The standard InChI is InChI=1S/C22H22ClN3O2/c1-15-7-8-17(13-19(15)23)26-18-10-12-24-20(14-18)22(27)25-11-9-16-5-3-4-6-21(16)28-2/h3-8,10,12-14H,9,11H2,1-2H3,(H,24,26)(H,25,27). The highest BCUT2D eigenvalue weighted by Gasteiger charge is 2.09. The quantitative estimate of drug-likeness (QED) is 0.605. The minimum Gasteiger partial charge on any atom is -0.496 e. The van der Waals surface area contributed by atoms with Crippen molar-refractivity contribution in [3.63, 3.8) is 0 Å². The number of aromatic nitrogens is 1. The van der Waals surface area contributed by atoms with E-state index in [9.17, 15) is 4.79 Å². The second-order valence-electron chi connectivity index (χ2n) is 6.34. The van der Waals surface area contributed by atoms with E-state index in [1.165, 1.54) is 0 Å². The van der Waals surface area contributed by atoms with Crippen molar-refractivity contribution >= 4 is 28.9 Å². The lowest BCUT2D eigenvalue weighted by Gasteiger charge is -2.10. The third kappa shape index (κ3) is 5.02. The van der Waals surface area contributed by atoms with E-state index in [0.29, 0.717) is 23.7 Å². The highest BCUT2D eigenvalue weighted by Crippen LogP contribution is 2.23. The van der Waals surface area contributed by atoms with E-state index in [1.54, 1.807) is 25.4 Å². The molecule has 1 aromatic heterocycles. The van der Waals surface area contributed by atoms with Crippen LogP contribution < -0.4 is 15.4 Å². The fraction of sp³-hybridized carbons (Fsp3) is 0.182. The summed E-state index contributed by atoms with van der Waals surface area (Å²) in [6, 6.07) is 17.0. The van der Waals surface area contributed by atoms with E-state index >= 15 is 0 Å². The molecular weight excluding hydrogens is 374 g/mol. The van der Waals surface area contributed by atoms with Crippen molar-refractivity contribution in [3.05, 3.63) is 82.6 Å². The van der Waals surface area contributed by atoms with Crippen molar-refractivity contribution < 1.29 is 9.53 Å². The molecule has 0 fully saturated rings. The van der Waals surface area contributed by atoms with Crippen LogP contribution in [0.4, 0.5) is 11.4 Å². The maximum absolute atomic E-state index is 12.4. The second-order valence-corrected chi connectivity index (χ2v) is 6.74. The van der Waals surface area contributed by atoms with Crippen LogP contribution in [-0.2, 0) is 6.42 Å². The first-order valence-electron chi connectivity index (χ1n) is 8.96. The molecule has 6 heteroatoms. The number of anilines is 2. The Bertz CT molecular complexity index is 976. The number of rotatable bonds is 7. The molecule has 0 saturated heterocycles. The Labute approximate surface area is 169 Å². The number of carbonyl (C=O) groups excluding carboxylic acids is 1. The topological polar surface area (TPSA) is 63.2 Å². The van der Waals surface area contributed by atoms with Crippen LogP contribution in [0, 0.1) is 6.92 Å². The minimum absolute atomic E-state index is 0.222. The number of pyridine rings is 1. The number of carbonyl (C=O) groups is 1. The third-order valence-electron chi connectivity index (χ3n) is 4.33. The summed E-state index contributed by atoms with van der Waals surface area (Å²) < 4.78 is 5.33. The number of hydrogen-bond donors (Lipinski definition) is 2. The molecule has 0 aliphatic heterocycles. The van der Waals surface area contributed by atoms with Crippen LogP contribution >= 0.6 is 11.6 Å². The number of para-hydroxylation sites is 1. The first kappa shape index (κ1) is 19.7. The summed E-state index contributed by atoms with van der Waals surface area (Å²) in [5, 5.41) is 6.83. The minimum atomic E-state index is -0.222. The van der Waals surface area contributed by atoms with Crippen LogP contribution in [-0.4, -0.2) is 24.5 Å². The largest absolute Gasteiger partial charge is 0.496 e. The molecule has 0 spiro atoms. The maximum atomic E-state index is 12.4. The lowest BCUT2D eigenvalue weighted by atomic mass is 10.1. The van der Waals surface area contributed by atoms with E-state index in [2.05, 4.69) is 15.6 Å². The number of nitrogens with one attached hydrogen (secondary N) is 2. The van der Waals surface area contributed by atoms with Gasteiger partial charge in [0.1, 0.15) is 11.4 Å². The molecule has 0 aliphatic carbocycles. The normalized spacial score (nSPS) is 10.4. The summed E-state index contributed by atoms with van der Waals surface area (Å²) in [5.41, 5.74) is 4.03. The highest BCUT2D eigenvalue weighted by molar-refractivity contribution is 6.31. The third-order valence-corrected chi connectivity index (χ3v) is 4.73. The van der Waals surface area contributed by atoms with Crippen molar-refractivity contribution in [1.29, 1.82) is 0 Å². The van der Waals surface area contributed by atoms with Gasteiger partial charge >= 0.3 is 0 Å². The molecule has 3 rings (SSSR count). The summed E-state index contributed by atoms with van der Waals surface area (Å²) >= 11 is 6.17. The Morgan fingerprint density at radius 1 is 1.11 bits per heavy atom. The Kier molecular flexibility index (Phi) is 6.50. The predicted molar refractivity (Wildman–Crippen MR) is 113 cm³/mol. The smallest absolute Gasteiger partial charge is 0.269 e. The molecule has 0 unspecified atom stereocenters. The number of ether oxygens (including phenoxy) is 1. The average molecular weight is 396 g/mol. The number of methoxy groups -OCH3 is 1. The van der Waals surface area contributed by atoms with Crippen LogP contribution in [0.3, 0.4) is 0 Å². The van der Waals surface area contributed by atoms with Gasteiger partial charge in [0.2, 0.25) is 0 Å². The lowest BCUT2D eigenvalue weighted by molar-refractivity contribution is 0.0949. The molecule has 0 radical (unpaired) electrons. The van der Waals surface area contributed by atoms with Gasteiger partial charge in [0.25, 0.3) is 5.91 Å². The number of hydrogen-bond acceptors (Lipinski definition) is 4. The van der Waals surface area contributed by atoms with Gasteiger partial charge in [-0.15, -0.1) is 0 Å². The predicted octanol–water partition coefficient (Wildman–Crippen LogP) is 4.77. The van der Waals surface area contributed by atoms with Crippen molar-refractivity contribution in [1.82, 2.24) is 10.3 Å². The SMILES string of the molecule is COc1ccccc1CCNC(=O)c1cc(Nc2ccc(C)c(Cl)c2)ccn1. The first-order chi connectivity index (χ1) is 13.6. The van der Waals surface area contributed by atoms with Gasteiger partial charge in [-0.1, -0.05) is 35.9 Å². The summed E-state index contributed by atoms with van der Waals surface area (Å²) in [5.74, 6) is 0.596. The number of aryl methyl sites for hydroxylation is 1. The zero-order chi connectivity index (χ0) is 19.9. The molecule has 0 bridgehead atoms. The zero-order valence-corrected chi connectivity index (χ0v) is 16.6. The molecule has 0 atom stereocenters. The van der Waals surface area contributed by atoms with E-state index in [0.717, 1.165) is 28.3 Å². The summed E-state index contributed by atoms with van der Waals surface area (Å²) in [6.07, 6.45) is 2.28. The second kappa shape index (κ2) is 9.24. The van der Waals surface area contributed by atoms with Crippen molar-refractivity contribution in [2.24, 2.45) is 0 Å². The molecule has 28 heavy (non-hydrogen) atoms. The Morgan fingerprint density at radius 2 is 1.89 bits per heavy atom. The van der Waals surface area contributed by atoms with Crippen LogP contribution in [0.1, 0.15) is 21.6 Å². The van der Waals surface area contributed by atoms with Crippen LogP contribution in [0.5, 0.6) is 5.75 Å². The van der Waals surface area contributed by atoms with Gasteiger partial charge < -0.3 is 15.4 Å². The van der Waals surface area contributed by atoms with Gasteiger partial charge in [0, 0.05) is 29.1 Å². The molecule has 0 aliphatic rings. The van der Waals surface area contributed by atoms with Crippen molar-refractivity contribution in [2.45, 2.75) is 13.3 Å². The van der Waals surface area contributed by atoms with E-state index in [1.807, 2.05) is 49.4 Å². The summed E-state index contributed by atoms with van der Waals surface area (Å²) in [6.45, 7) is 2.44. The van der Waals surface area contributed by atoms with Gasteiger partial charge in [0.05, 0.1) is 7.11 Å². The number of benzene rings is 2. The van der Waals surface area contributed by atoms with Gasteiger partial charge in [-0.3, -0.25) is 9.78 Å². The van der Waals surface area contributed by atoms with Crippen molar-refractivity contribution in [3.8, 4) is 5.75 Å². The van der Waals surface area contributed by atoms with Crippen LogP contribution in [0.2, 0.25) is 5.02 Å². The monoisotopic (exact) mass is 395 g/mol. The van der Waals surface area contributed by atoms with Gasteiger partial charge in [-0.2, -0.15) is 0 Å². The van der Waals surface area contributed by atoms with E-state index in [4.69, 9.17) is 16.3 Å². The molecule has 1 amide bonds. The molecule has 2 aromatic carbocycles. The van der Waals surface area contributed by atoms with Crippen LogP contribution in [0.15, 0.2) is 60.8 Å². The molecule has 0 saturated carbocycles. The molecular formula is C22H22ClN3O2. The van der Waals surface area contributed by atoms with Crippen molar-refractivity contribution in [2.75, 3.05) is 19.0 Å². The highest BCUT2D eigenvalue weighted by atomic mass is 35.5. The Balaban J connectivity index is 1.61. The molecule has 144 valence electrons. The van der Waals surface area contributed by atoms with E-state index < -0.39 is 0 Å². The number of nitrogens with zero attached hydrogens (tertiary/aromatic N) is 1. The maximum Gasteiger partial charge on any atom is 0.269 e. The molecule has 3 aromatic rings. The van der Waals surface area contributed by atoms with Gasteiger partial charge in [-0.05, 0) is 54.8 Å². The summed E-state index contributed by atoms with van der Waals surface area (Å²) in [7, 11) is 1.64. The van der Waals surface area contributed by atoms with Crippen LogP contribution in [0.25, 0.3) is 0 Å². The Hall–Kier alpha value is -3.05. The average Bonchev–Trinajstić information content (AvgIpc) is 2.71. The number of amides is 1. The molecule has 5 nitrogen and oxygen atoms in total. The molecule has 2 N–H and O–H groups in total. The van der Waals surface area contributed by atoms with Gasteiger partial charge in [0.15, 0.2) is 0 Å². The zero-order valence-electron chi connectivity index (χ0n) is 15.8.